The van der Waals surface area contributed by atoms with Gasteiger partial charge in [0.05, 0.1) is 14.3 Å². The van der Waals surface area contributed by atoms with E-state index in [1.807, 2.05) is 22.6 Å². The smallest absolute Gasteiger partial charge is 0.255 e. The van der Waals surface area contributed by atoms with Crippen molar-refractivity contribution >= 4 is 45.8 Å². The van der Waals surface area contributed by atoms with E-state index < -0.39 is 0 Å². The topological polar surface area (TPSA) is 69.6 Å². The zero-order valence-corrected chi connectivity index (χ0v) is 12.4. The molecule has 0 aliphatic carbocycles. The molecular formula is C13H9ClINO3. The average molecular weight is 390 g/mol. The van der Waals surface area contributed by atoms with Crippen LogP contribution in [0.2, 0.25) is 5.02 Å². The first kappa shape index (κ1) is 14.0. The number of rotatable bonds is 2. The molecule has 98 valence electrons. The molecule has 6 heteroatoms. The molecule has 4 nitrogen and oxygen atoms in total. The highest BCUT2D eigenvalue weighted by Gasteiger charge is 2.10. The van der Waals surface area contributed by atoms with Gasteiger partial charge in [-0.15, -0.1) is 0 Å². The normalized spacial score (nSPS) is 10.2. The molecule has 2 aromatic rings. The minimum absolute atomic E-state index is 0.0231. The maximum absolute atomic E-state index is 12.0. The van der Waals surface area contributed by atoms with Crippen molar-refractivity contribution in [1.29, 1.82) is 0 Å². The number of amides is 1. The number of phenols is 2. The largest absolute Gasteiger partial charge is 0.508 e. The summed E-state index contributed by atoms with van der Waals surface area (Å²) >= 11 is 7.86. The van der Waals surface area contributed by atoms with Crippen molar-refractivity contribution in [2.75, 3.05) is 5.32 Å². The average Bonchev–Trinajstić information content (AvgIpc) is 2.36. The minimum Gasteiger partial charge on any atom is -0.508 e. The molecule has 0 aliphatic rings. The summed E-state index contributed by atoms with van der Waals surface area (Å²) in [6.45, 7) is 0. The van der Waals surface area contributed by atoms with Crippen LogP contribution in [0.5, 0.6) is 11.5 Å². The number of nitrogens with one attached hydrogen (secondary N) is 1. The Morgan fingerprint density at radius 3 is 2.53 bits per heavy atom. The molecule has 19 heavy (non-hydrogen) atoms. The third-order valence-electron chi connectivity index (χ3n) is 2.41. The number of hydrogen-bond acceptors (Lipinski definition) is 3. The van der Waals surface area contributed by atoms with E-state index in [0.29, 0.717) is 14.8 Å². The molecule has 3 N–H and O–H groups in total. The predicted molar refractivity (Wildman–Crippen MR) is 81.9 cm³/mol. The van der Waals surface area contributed by atoms with Gasteiger partial charge in [-0.2, -0.15) is 0 Å². The summed E-state index contributed by atoms with van der Waals surface area (Å²) in [5.74, 6) is -0.320. The predicted octanol–water partition coefficient (Wildman–Crippen LogP) is 3.61. The van der Waals surface area contributed by atoms with Gasteiger partial charge in [-0.05, 0) is 52.9 Å². The number of phenolic OH excluding ortho intramolecular Hbond substituents is 2. The van der Waals surface area contributed by atoms with Crippen molar-refractivity contribution < 1.29 is 15.0 Å². The van der Waals surface area contributed by atoms with Crippen molar-refractivity contribution in [2.24, 2.45) is 0 Å². The van der Waals surface area contributed by atoms with Crippen LogP contribution in [0.15, 0.2) is 36.4 Å². The molecule has 0 bridgehead atoms. The third kappa shape index (κ3) is 3.30. The highest BCUT2D eigenvalue weighted by atomic mass is 127. The number of carbonyl (C=O) groups is 1. The molecule has 0 fully saturated rings. The summed E-state index contributed by atoms with van der Waals surface area (Å²) in [4.78, 5) is 12.0. The van der Waals surface area contributed by atoms with Gasteiger partial charge in [-0.1, -0.05) is 11.6 Å². The van der Waals surface area contributed by atoms with Gasteiger partial charge >= 0.3 is 0 Å². The van der Waals surface area contributed by atoms with E-state index in [1.165, 1.54) is 24.3 Å². The quantitative estimate of drug-likeness (QED) is 0.543. The first-order valence-electron chi connectivity index (χ1n) is 5.26. The molecule has 0 radical (unpaired) electrons. The van der Waals surface area contributed by atoms with Crippen molar-refractivity contribution in [3.8, 4) is 11.5 Å². The van der Waals surface area contributed by atoms with Crippen LogP contribution in [0.4, 0.5) is 5.69 Å². The molecule has 0 saturated heterocycles. The van der Waals surface area contributed by atoms with Crippen LogP contribution < -0.4 is 5.32 Å². The number of halogens is 2. The van der Waals surface area contributed by atoms with E-state index >= 15 is 0 Å². The summed E-state index contributed by atoms with van der Waals surface area (Å²) in [7, 11) is 0. The van der Waals surface area contributed by atoms with E-state index in [2.05, 4.69) is 5.32 Å². The fourth-order valence-electron chi connectivity index (χ4n) is 1.45. The molecule has 0 aliphatic heterocycles. The van der Waals surface area contributed by atoms with Gasteiger partial charge in [0.2, 0.25) is 0 Å². The van der Waals surface area contributed by atoms with Crippen molar-refractivity contribution in [3.63, 3.8) is 0 Å². The maximum atomic E-state index is 12.0. The Kier molecular flexibility index (Phi) is 4.16. The fourth-order valence-corrected chi connectivity index (χ4v) is 2.01. The van der Waals surface area contributed by atoms with Gasteiger partial charge in [0, 0.05) is 11.6 Å². The van der Waals surface area contributed by atoms with Gasteiger partial charge in [0.1, 0.15) is 11.5 Å². The fraction of sp³-hybridized carbons (Fsp3) is 0. The number of anilines is 1. The Hall–Kier alpha value is -1.47. The van der Waals surface area contributed by atoms with Crippen LogP contribution in [0.1, 0.15) is 10.4 Å². The second-order valence-corrected chi connectivity index (χ2v) is 5.35. The monoisotopic (exact) mass is 389 g/mol. The summed E-state index contributed by atoms with van der Waals surface area (Å²) < 4.78 is 0.664. The van der Waals surface area contributed by atoms with Gasteiger partial charge in [0.15, 0.2) is 0 Å². The molecule has 0 unspecified atom stereocenters. The summed E-state index contributed by atoms with van der Waals surface area (Å²) in [6.07, 6.45) is 0. The molecule has 0 aromatic heterocycles. The van der Waals surface area contributed by atoms with Gasteiger partial charge in [0.25, 0.3) is 5.91 Å². The van der Waals surface area contributed by atoms with Gasteiger partial charge < -0.3 is 15.5 Å². The second-order valence-electron chi connectivity index (χ2n) is 3.78. The number of carbonyl (C=O) groups excluding carboxylic acids is 1. The van der Waals surface area contributed by atoms with Crippen LogP contribution in [-0.4, -0.2) is 16.1 Å². The van der Waals surface area contributed by atoms with Crippen LogP contribution in [0, 0.1) is 3.57 Å². The van der Waals surface area contributed by atoms with Crippen LogP contribution in [0.25, 0.3) is 0 Å². The molecule has 2 rings (SSSR count). The Balaban J connectivity index is 2.23. The van der Waals surface area contributed by atoms with E-state index in [4.69, 9.17) is 11.6 Å². The first-order valence-corrected chi connectivity index (χ1v) is 6.71. The lowest BCUT2D eigenvalue weighted by Crippen LogP contribution is -2.12. The minimum atomic E-state index is -0.390. The molecule has 0 saturated carbocycles. The van der Waals surface area contributed by atoms with E-state index in [-0.39, 0.29) is 22.4 Å². The number of aromatic hydroxyl groups is 2. The Bertz CT molecular complexity index is 646. The van der Waals surface area contributed by atoms with Gasteiger partial charge in [-0.3, -0.25) is 4.79 Å². The first-order chi connectivity index (χ1) is 8.97. The lowest BCUT2D eigenvalue weighted by atomic mass is 10.2. The third-order valence-corrected chi connectivity index (χ3v) is 3.63. The lowest BCUT2D eigenvalue weighted by molar-refractivity contribution is 0.102. The van der Waals surface area contributed by atoms with Crippen molar-refractivity contribution in [1.82, 2.24) is 0 Å². The van der Waals surface area contributed by atoms with Gasteiger partial charge in [-0.25, -0.2) is 0 Å². The summed E-state index contributed by atoms with van der Waals surface area (Å²) in [5.41, 5.74) is 0.713. The summed E-state index contributed by atoms with van der Waals surface area (Å²) in [5, 5.41) is 21.6. The molecule has 1 amide bonds. The molecule has 0 heterocycles. The molecule has 0 atom stereocenters. The lowest BCUT2D eigenvalue weighted by Gasteiger charge is -2.08. The summed E-state index contributed by atoms with van der Waals surface area (Å²) in [6, 6.07) is 8.89. The highest BCUT2D eigenvalue weighted by Crippen LogP contribution is 2.27. The number of benzene rings is 2. The Labute approximate surface area is 128 Å². The van der Waals surface area contributed by atoms with Crippen LogP contribution in [0.3, 0.4) is 0 Å². The SMILES string of the molecule is O=C(Nc1ccc(O)cc1Cl)c1ccc(I)c(O)c1. The standard InChI is InChI=1S/C13H9ClINO3/c14-9-6-8(17)2-4-11(9)16-13(19)7-1-3-10(15)12(18)5-7/h1-6,17-18H,(H,16,19). The van der Waals surface area contributed by atoms with Crippen LogP contribution >= 0.6 is 34.2 Å². The molecule has 2 aromatic carbocycles. The zero-order valence-electron chi connectivity index (χ0n) is 9.52. The van der Waals surface area contributed by atoms with Crippen molar-refractivity contribution in [3.05, 3.63) is 50.6 Å². The maximum Gasteiger partial charge on any atom is 0.255 e. The highest BCUT2D eigenvalue weighted by molar-refractivity contribution is 14.1. The molecular weight excluding hydrogens is 381 g/mol. The van der Waals surface area contributed by atoms with E-state index in [9.17, 15) is 15.0 Å². The zero-order chi connectivity index (χ0) is 14.0. The van der Waals surface area contributed by atoms with Crippen molar-refractivity contribution in [2.45, 2.75) is 0 Å². The second kappa shape index (κ2) is 5.66. The number of hydrogen-bond donors (Lipinski definition) is 3. The van der Waals surface area contributed by atoms with E-state index in [1.54, 1.807) is 12.1 Å². The Morgan fingerprint density at radius 2 is 1.89 bits per heavy atom. The van der Waals surface area contributed by atoms with E-state index in [0.717, 1.165) is 0 Å². The van der Waals surface area contributed by atoms with Crippen LogP contribution in [-0.2, 0) is 0 Å². The Morgan fingerprint density at radius 1 is 1.16 bits per heavy atom. The molecule has 0 spiro atoms.